The molecular weight excluding hydrogens is 453 g/mol. The average molecular weight is 474 g/mol. The molecule has 0 unspecified atom stereocenters. The minimum absolute atomic E-state index is 0.00660. The van der Waals surface area contributed by atoms with Crippen molar-refractivity contribution < 1.29 is 22.7 Å². The predicted octanol–water partition coefficient (Wildman–Crippen LogP) is 2.87. The lowest BCUT2D eigenvalue weighted by molar-refractivity contribution is 0.0936. The minimum atomic E-state index is -3.82. The van der Waals surface area contributed by atoms with Gasteiger partial charge in [-0.15, -0.1) is 0 Å². The highest BCUT2D eigenvalue weighted by atomic mass is 35.5. The van der Waals surface area contributed by atoms with Gasteiger partial charge >= 0.3 is 0 Å². The van der Waals surface area contributed by atoms with Crippen molar-refractivity contribution in [3.8, 4) is 0 Å². The van der Waals surface area contributed by atoms with Crippen molar-refractivity contribution in [2.75, 3.05) is 39.7 Å². The number of nitrogens with zero attached hydrogens (tertiary/aromatic N) is 1. The molecule has 0 spiro atoms. The molecule has 0 saturated heterocycles. The number of methoxy groups -OCH3 is 1. The highest BCUT2D eigenvalue weighted by molar-refractivity contribution is 7.89. The van der Waals surface area contributed by atoms with Crippen LogP contribution >= 0.6 is 23.2 Å². The van der Waals surface area contributed by atoms with E-state index in [0.717, 1.165) is 4.31 Å². The van der Waals surface area contributed by atoms with Gasteiger partial charge in [0.2, 0.25) is 10.0 Å². The van der Waals surface area contributed by atoms with Crippen LogP contribution in [0.4, 0.5) is 5.69 Å². The largest absolute Gasteiger partial charge is 0.383 e. The number of anilines is 1. The van der Waals surface area contributed by atoms with Gasteiger partial charge in [-0.05, 0) is 36.4 Å². The molecule has 162 valence electrons. The lowest BCUT2D eigenvalue weighted by atomic mass is 10.1. The standard InChI is InChI=1S/C19H21Cl2N3O5S/c1-24(2)30(27,28)17-10-12(4-7-15(17)20)18(25)23-13-5-6-14(16(21)11-13)19(26)22-8-9-29-3/h4-7,10-11H,8-9H2,1-3H3,(H,22,26)(H,23,25). The van der Waals surface area contributed by atoms with Gasteiger partial charge in [0.05, 0.1) is 22.2 Å². The summed E-state index contributed by atoms with van der Waals surface area (Å²) < 4.78 is 30.6. The van der Waals surface area contributed by atoms with Gasteiger partial charge in [-0.3, -0.25) is 9.59 Å². The second kappa shape index (κ2) is 10.2. The summed E-state index contributed by atoms with van der Waals surface area (Å²) in [6, 6.07) is 8.37. The van der Waals surface area contributed by atoms with Crippen LogP contribution in [0.1, 0.15) is 20.7 Å². The molecule has 11 heteroatoms. The second-order valence-electron chi connectivity index (χ2n) is 6.33. The van der Waals surface area contributed by atoms with Gasteiger partial charge in [0, 0.05) is 39.0 Å². The van der Waals surface area contributed by atoms with E-state index in [0.29, 0.717) is 18.8 Å². The first-order valence-electron chi connectivity index (χ1n) is 8.68. The van der Waals surface area contributed by atoms with Crippen LogP contribution in [0, 0.1) is 0 Å². The number of carbonyl (C=O) groups is 2. The molecule has 0 aliphatic carbocycles. The summed E-state index contributed by atoms with van der Waals surface area (Å²) in [5.74, 6) is -0.929. The first kappa shape index (κ1) is 24.1. The Hall–Kier alpha value is -2.17. The van der Waals surface area contributed by atoms with Gasteiger partial charge in [0.15, 0.2) is 0 Å². The molecule has 0 heterocycles. The Morgan fingerprint density at radius 1 is 1.03 bits per heavy atom. The van der Waals surface area contributed by atoms with E-state index in [2.05, 4.69) is 10.6 Å². The highest BCUT2D eigenvalue weighted by Gasteiger charge is 2.22. The van der Waals surface area contributed by atoms with Gasteiger partial charge in [-0.2, -0.15) is 0 Å². The van der Waals surface area contributed by atoms with Crippen LogP contribution in [0.15, 0.2) is 41.3 Å². The lowest BCUT2D eigenvalue weighted by Gasteiger charge is -2.14. The van der Waals surface area contributed by atoms with Crippen molar-refractivity contribution >= 4 is 50.7 Å². The van der Waals surface area contributed by atoms with Gasteiger partial charge in [-0.25, -0.2) is 12.7 Å². The van der Waals surface area contributed by atoms with Crippen molar-refractivity contribution in [3.63, 3.8) is 0 Å². The van der Waals surface area contributed by atoms with Crippen LogP contribution in [0.3, 0.4) is 0 Å². The van der Waals surface area contributed by atoms with E-state index in [1.54, 1.807) is 0 Å². The Labute approximate surface area is 185 Å². The highest BCUT2D eigenvalue weighted by Crippen LogP contribution is 2.26. The van der Waals surface area contributed by atoms with Crippen molar-refractivity contribution in [2.24, 2.45) is 0 Å². The number of hydrogen-bond acceptors (Lipinski definition) is 5. The van der Waals surface area contributed by atoms with E-state index in [-0.39, 0.29) is 32.0 Å². The molecule has 2 N–H and O–H groups in total. The van der Waals surface area contributed by atoms with Gasteiger partial charge in [-0.1, -0.05) is 23.2 Å². The zero-order valence-electron chi connectivity index (χ0n) is 16.5. The number of ether oxygens (including phenoxy) is 1. The van der Waals surface area contributed by atoms with E-state index >= 15 is 0 Å². The number of hydrogen-bond donors (Lipinski definition) is 2. The minimum Gasteiger partial charge on any atom is -0.383 e. The van der Waals surface area contributed by atoms with Gasteiger partial charge in [0.25, 0.3) is 11.8 Å². The number of halogens is 2. The maximum absolute atomic E-state index is 12.6. The van der Waals surface area contributed by atoms with Crippen molar-refractivity contribution in [1.82, 2.24) is 9.62 Å². The SMILES string of the molecule is COCCNC(=O)c1ccc(NC(=O)c2ccc(Cl)c(S(=O)(=O)N(C)C)c2)cc1Cl. The maximum Gasteiger partial charge on any atom is 0.255 e. The molecule has 2 rings (SSSR count). The molecular formula is C19H21Cl2N3O5S. The van der Waals surface area contributed by atoms with Gasteiger partial charge in [0.1, 0.15) is 4.90 Å². The van der Waals surface area contributed by atoms with Crippen molar-refractivity contribution in [1.29, 1.82) is 0 Å². The molecule has 0 fully saturated rings. The van der Waals surface area contributed by atoms with Crippen LogP contribution in [0.25, 0.3) is 0 Å². The fourth-order valence-corrected chi connectivity index (χ4v) is 4.04. The Balaban J connectivity index is 2.21. The zero-order valence-corrected chi connectivity index (χ0v) is 18.9. The fourth-order valence-electron chi connectivity index (χ4n) is 2.38. The van der Waals surface area contributed by atoms with E-state index in [1.807, 2.05) is 0 Å². The Morgan fingerprint density at radius 3 is 2.33 bits per heavy atom. The summed E-state index contributed by atoms with van der Waals surface area (Å²) in [4.78, 5) is 24.5. The monoisotopic (exact) mass is 473 g/mol. The first-order chi connectivity index (χ1) is 14.1. The average Bonchev–Trinajstić information content (AvgIpc) is 2.68. The molecule has 2 aromatic carbocycles. The third-order valence-corrected chi connectivity index (χ3v) is 6.62. The molecule has 8 nitrogen and oxygen atoms in total. The molecule has 0 aromatic heterocycles. The second-order valence-corrected chi connectivity index (χ2v) is 9.26. The summed E-state index contributed by atoms with van der Waals surface area (Å²) >= 11 is 12.2. The van der Waals surface area contributed by atoms with Crippen LogP contribution in [-0.4, -0.2) is 58.9 Å². The summed E-state index contributed by atoms with van der Waals surface area (Å²) in [5, 5.41) is 5.43. The first-order valence-corrected chi connectivity index (χ1v) is 10.9. The zero-order chi connectivity index (χ0) is 22.5. The third kappa shape index (κ3) is 5.71. The molecule has 0 saturated carbocycles. The predicted molar refractivity (Wildman–Crippen MR) is 116 cm³/mol. The third-order valence-electron chi connectivity index (χ3n) is 4.02. The van der Waals surface area contributed by atoms with Crippen LogP contribution in [-0.2, 0) is 14.8 Å². The number of carbonyl (C=O) groups excluding carboxylic acids is 2. The molecule has 0 bridgehead atoms. The Bertz CT molecular complexity index is 1060. The van der Waals surface area contributed by atoms with Crippen molar-refractivity contribution in [2.45, 2.75) is 4.90 Å². The number of nitrogens with one attached hydrogen (secondary N) is 2. The van der Waals surface area contributed by atoms with E-state index < -0.39 is 15.9 Å². The number of rotatable bonds is 8. The fraction of sp³-hybridized carbons (Fsp3) is 0.263. The molecule has 0 aliphatic rings. The number of sulfonamides is 1. The lowest BCUT2D eigenvalue weighted by Crippen LogP contribution is -2.27. The smallest absolute Gasteiger partial charge is 0.255 e. The molecule has 2 aromatic rings. The molecule has 0 aliphatic heterocycles. The Morgan fingerprint density at radius 2 is 1.73 bits per heavy atom. The van der Waals surface area contributed by atoms with Crippen molar-refractivity contribution in [3.05, 3.63) is 57.6 Å². The normalized spacial score (nSPS) is 11.4. The molecule has 2 amide bonds. The quantitative estimate of drug-likeness (QED) is 0.573. The summed E-state index contributed by atoms with van der Waals surface area (Å²) in [7, 11) is 0.440. The topological polar surface area (TPSA) is 105 Å². The van der Waals surface area contributed by atoms with Crippen LogP contribution in [0.5, 0.6) is 0 Å². The van der Waals surface area contributed by atoms with E-state index in [9.17, 15) is 18.0 Å². The van der Waals surface area contributed by atoms with E-state index in [4.69, 9.17) is 27.9 Å². The summed E-state index contributed by atoms with van der Waals surface area (Å²) in [6.07, 6.45) is 0. The van der Waals surface area contributed by atoms with Crippen LogP contribution in [0.2, 0.25) is 10.0 Å². The van der Waals surface area contributed by atoms with Gasteiger partial charge < -0.3 is 15.4 Å². The summed E-state index contributed by atoms with van der Waals surface area (Å²) in [5.41, 5.74) is 0.680. The van der Waals surface area contributed by atoms with E-state index in [1.165, 1.54) is 57.6 Å². The maximum atomic E-state index is 12.6. The Kier molecular flexibility index (Phi) is 8.22. The summed E-state index contributed by atoms with van der Waals surface area (Å²) in [6.45, 7) is 0.697. The molecule has 0 radical (unpaired) electrons. The molecule has 0 atom stereocenters. The molecule has 30 heavy (non-hydrogen) atoms. The number of benzene rings is 2. The number of amides is 2. The van der Waals surface area contributed by atoms with Crippen LogP contribution < -0.4 is 10.6 Å².